The summed E-state index contributed by atoms with van der Waals surface area (Å²) < 4.78 is 0. The minimum absolute atomic E-state index is 0.0583. The molecule has 1 aromatic carbocycles. The molecule has 2 aliphatic rings. The molecule has 1 unspecified atom stereocenters. The van der Waals surface area contributed by atoms with E-state index in [1.54, 1.807) is 0 Å². The van der Waals surface area contributed by atoms with Gasteiger partial charge in [-0.15, -0.1) is 0 Å². The van der Waals surface area contributed by atoms with Crippen molar-refractivity contribution < 1.29 is 4.79 Å². The van der Waals surface area contributed by atoms with Crippen LogP contribution in [0.4, 0.5) is 5.69 Å². The number of para-hydroxylation sites is 1. The zero-order chi connectivity index (χ0) is 13.2. The lowest BCUT2D eigenvalue weighted by molar-refractivity contribution is -0.119. The van der Waals surface area contributed by atoms with Crippen LogP contribution >= 0.6 is 0 Å². The van der Waals surface area contributed by atoms with Gasteiger partial charge in [0.1, 0.15) is 0 Å². The van der Waals surface area contributed by atoms with Gasteiger partial charge in [0, 0.05) is 24.7 Å². The molecule has 1 aliphatic carbocycles. The van der Waals surface area contributed by atoms with Gasteiger partial charge in [0.05, 0.1) is 0 Å². The molecule has 0 radical (unpaired) electrons. The summed E-state index contributed by atoms with van der Waals surface area (Å²) in [4.78, 5) is 14.5. The van der Waals surface area contributed by atoms with E-state index in [1.807, 2.05) is 11.0 Å². The lowest BCUT2D eigenvalue weighted by atomic mass is 10.1. The highest BCUT2D eigenvalue weighted by Crippen LogP contribution is 2.34. The summed E-state index contributed by atoms with van der Waals surface area (Å²) in [6.45, 7) is 0.841. The van der Waals surface area contributed by atoms with Crippen LogP contribution in [0.25, 0.3) is 0 Å². The van der Waals surface area contributed by atoms with Crippen LogP contribution in [-0.2, 0) is 11.2 Å². The van der Waals surface area contributed by atoms with Crippen molar-refractivity contribution in [1.82, 2.24) is 0 Å². The molecule has 1 fully saturated rings. The van der Waals surface area contributed by atoms with E-state index in [4.69, 9.17) is 5.73 Å². The van der Waals surface area contributed by atoms with E-state index in [1.165, 1.54) is 18.4 Å². The number of nitrogens with two attached hydrogens (primary N) is 1. The Morgan fingerprint density at radius 2 is 2.11 bits per heavy atom. The first-order valence-electron chi connectivity index (χ1n) is 7.39. The Labute approximate surface area is 114 Å². The van der Waals surface area contributed by atoms with Gasteiger partial charge in [0.25, 0.3) is 0 Å². The Morgan fingerprint density at radius 1 is 1.32 bits per heavy atom. The molecule has 1 aliphatic heterocycles. The largest absolute Gasteiger partial charge is 0.327 e. The maximum atomic E-state index is 12.5. The summed E-state index contributed by atoms with van der Waals surface area (Å²) in [6.07, 6.45) is 6.22. The fraction of sp³-hybridized carbons (Fsp3) is 0.562. The number of rotatable bonds is 3. The summed E-state index contributed by atoms with van der Waals surface area (Å²) in [5, 5.41) is 0. The van der Waals surface area contributed by atoms with Crippen LogP contribution in [-0.4, -0.2) is 18.5 Å². The van der Waals surface area contributed by atoms with E-state index in [0.29, 0.717) is 12.3 Å². The summed E-state index contributed by atoms with van der Waals surface area (Å²) in [6, 6.07) is 8.35. The first-order valence-corrected chi connectivity index (χ1v) is 7.39. The van der Waals surface area contributed by atoms with Gasteiger partial charge in [-0.3, -0.25) is 4.79 Å². The number of hydrogen-bond donors (Lipinski definition) is 1. The second-order valence-electron chi connectivity index (χ2n) is 5.84. The average Bonchev–Trinajstić information content (AvgIpc) is 3.25. The fourth-order valence-electron chi connectivity index (χ4n) is 2.95. The van der Waals surface area contributed by atoms with E-state index in [2.05, 4.69) is 18.2 Å². The molecule has 3 rings (SSSR count). The van der Waals surface area contributed by atoms with E-state index in [-0.39, 0.29) is 11.9 Å². The normalized spacial score (nSPS) is 20.6. The molecule has 2 N–H and O–H groups in total. The quantitative estimate of drug-likeness (QED) is 0.905. The van der Waals surface area contributed by atoms with Gasteiger partial charge in [0.2, 0.25) is 5.91 Å². The molecule has 0 spiro atoms. The van der Waals surface area contributed by atoms with Crippen molar-refractivity contribution in [2.24, 2.45) is 11.7 Å². The smallest absolute Gasteiger partial charge is 0.228 e. The van der Waals surface area contributed by atoms with E-state index in [0.717, 1.165) is 31.5 Å². The number of carbonyl (C=O) groups excluding carboxylic acids is 1. The maximum Gasteiger partial charge on any atom is 0.228 e. The van der Waals surface area contributed by atoms with Crippen molar-refractivity contribution in [3.05, 3.63) is 29.8 Å². The highest BCUT2D eigenvalue weighted by atomic mass is 16.2. The number of carbonyl (C=O) groups is 1. The topological polar surface area (TPSA) is 46.3 Å². The lowest BCUT2D eigenvalue weighted by Gasteiger charge is -2.24. The fourth-order valence-corrected chi connectivity index (χ4v) is 2.95. The van der Waals surface area contributed by atoms with Crippen molar-refractivity contribution in [2.75, 3.05) is 11.4 Å². The van der Waals surface area contributed by atoms with Gasteiger partial charge in [-0.05, 0) is 49.7 Å². The van der Waals surface area contributed by atoms with Gasteiger partial charge in [-0.25, -0.2) is 0 Å². The lowest BCUT2D eigenvalue weighted by Crippen LogP contribution is -2.37. The molecule has 1 aromatic rings. The third kappa shape index (κ3) is 2.81. The van der Waals surface area contributed by atoms with Gasteiger partial charge < -0.3 is 10.6 Å². The Kier molecular flexibility index (Phi) is 3.56. The molecule has 1 saturated carbocycles. The molecule has 0 saturated heterocycles. The van der Waals surface area contributed by atoms with Crippen LogP contribution in [0, 0.1) is 5.92 Å². The molecule has 0 aromatic heterocycles. The van der Waals surface area contributed by atoms with Gasteiger partial charge in [-0.2, -0.15) is 0 Å². The van der Waals surface area contributed by atoms with Crippen LogP contribution in [0.3, 0.4) is 0 Å². The third-order valence-electron chi connectivity index (χ3n) is 4.30. The highest BCUT2D eigenvalue weighted by molar-refractivity contribution is 5.94. The predicted molar refractivity (Wildman–Crippen MR) is 77.0 cm³/mol. The van der Waals surface area contributed by atoms with E-state index in [9.17, 15) is 4.79 Å². The Morgan fingerprint density at radius 3 is 2.89 bits per heavy atom. The number of nitrogens with zero attached hydrogens (tertiary/aromatic N) is 1. The summed E-state index contributed by atoms with van der Waals surface area (Å²) >= 11 is 0. The first-order chi connectivity index (χ1) is 9.25. The summed E-state index contributed by atoms with van der Waals surface area (Å²) in [5.41, 5.74) is 8.50. The predicted octanol–water partition coefficient (Wildman–Crippen LogP) is 2.48. The Bertz CT molecular complexity index is 468. The SMILES string of the molecule is NC(CC(=O)N1CCCCc2ccccc21)C1CC1. The second-order valence-corrected chi connectivity index (χ2v) is 5.84. The minimum atomic E-state index is 0.0583. The third-order valence-corrected chi connectivity index (χ3v) is 4.30. The molecule has 102 valence electrons. The van der Waals surface area contributed by atoms with Crippen LogP contribution in [0.5, 0.6) is 0 Å². The van der Waals surface area contributed by atoms with Gasteiger partial charge >= 0.3 is 0 Å². The number of amides is 1. The van der Waals surface area contributed by atoms with Crippen molar-refractivity contribution in [3.63, 3.8) is 0 Å². The van der Waals surface area contributed by atoms with E-state index < -0.39 is 0 Å². The van der Waals surface area contributed by atoms with Gasteiger partial charge in [0.15, 0.2) is 0 Å². The maximum absolute atomic E-state index is 12.5. The molecule has 1 heterocycles. The zero-order valence-corrected chi connectivity index (χ0v) is 11.3. The van der Waals surface area contributed by atoms with Crippen molar-refractivity contribution in [1.29, 1.82) is 0 Å². The van der Waals surface area contributed by atoms with Gasteiger partial charge in [-0.1, -0.05) is 18.2 Å². The van der Waals surface area contributed by atoms with E-state index >= 15 is 0 Å². The number of hydrogen-bond acceptors (Lipinski definition) is 2. The molecule has 3 nitrogen and oxygen atoms in total. The summed E-state index contributed by atoms with van der Waals surface area (Å²) in [5.74, 6) is 0.792. The highest BCUT2D eigenvalue weighted by Gasteiger charge is 2.31. The van der Waals surface area contributed by atoms with Crippen LogP contribution in [0.2, 0.25) is 0 Å². The Hall–Kier alpha value is -1.35. The molecule has 0 bridgehead atoms. The molecule has 1 amide bonds. The number of fused-ring (bicyclic) bond motifs is 1. The average molecular weight is 258 g/mol. The second kappa shape index (κ2) is 5.33. The Balaban J connectivity index is 1.77. The number of benzene rings is 1. The number of anilines is 1. The molecule has 3 heteroatoms. The standard InChI is InChI=1S/C16H22N2O/c17-14(12-8-9-12)11-16(19)18-10-4-3-6-13-5-1-2-7-15(13)18/h1-2,5,7,12,14H,3-4,6,8-11,17H2. The zero-order valence-electron chi connectivity index (χ0n) is 11.3. The van der Waals surface area contributed by atoms with Crippen LogP contribution in [0.1, 0.15) is 37.7 Å². The van der Waals surface area contributed by atoms with Crippen LogP contribution in [0.15, 0.2) is 24.3 Å². The van der Waals surface area contributed by atoms with Crippen molar-refractivity contribution >= 4 is 11.6 Å². The molecular formula is C16H22N2O. The number of aryl methyl sites for hydroxylation is 1. The molecular weight excluding hydrogens is 236 g/mol. The van der Waals surface area contributed by atoms with Crippen molar-refractivity contribution in [2.45, 2.75) is 44.6 Å². The first kappa shape index (κ1) is 12.7. The summed E-state index contributed by atoms with van der Waals surface area (Å²) in [7, 11) is 0. The minimum Gasteiger partial charge on any atom is -0.327 e. The monoisotopic (exact) mass is 258 g/mol. The molecule has 1 atom stereocenters. The van der Waals surface area contributed by atoms with Crippen LogP contribution < -0.4 is 10.6 Å². The molecule has 19 heavy (non-hydrogen) atoms. The van der Waals surface area contributed by atoms with Crippen molar-refractivity contribution in [3.8, 4) is 0 Å².